The molecule has 21 heavy (non-hydrogen) atoms. The second-order valence-electron chi connectivity index (χ2n) is 6.02. The number of nitrogens with zero attached hydrogens (tertiary/aromatic N) is 3. The summed E-state index contributed by atoms with van der Waals surface area (Å²) in [5.74, 6) is 2.11. The summed E-state index contributed by atoms with van der Waals surface area (Å²) in [7, 11) is 0. The molecular weight excluding hydrogens is 264 g/mol. The minimum Gasteiger partial charge on any atom is -0.419 e. The van der Waals surface area contributed by atoms with E-state index >= 15 is 0 Å². The van der Waals surface area contributed by atoms with Crippen molar-refractivity contribution in [2.24, 2.45) is 5.92 Å². The lowest BCUT2D eigenvalue weighted by atomic mass is 9.94. The van der Waals surface area contributed by atoms with Gasteiger partial charge in [0.15, 0.2) is 0 Å². The van der Waals surface area contributed by atoms with Crippen LogP contribution in [-0.2, 0) is 6.54 Å². The lowest BCUT2D eigenvalue weighted by molar-refractivity contribution is 0.280. The molecule has 2 aliphatic rings. The molecule has 0 bridgehead atoms. The number of likely N-dealkylation sites (tertiary alicyclic amines) is 1. The van der Waals surface area contributed by atoms with Crippen LogP contribution in [0.3, 0.4) is 0 Å². The molecule has 1 aromatic carbocycles. The van der Waals surface area contributed by atoms with Gasteiger partial charge in [-0.05, 0) is 37.4 Å². The van der Waals surface area contributed by atoms with E-state index in [0.717, 1.165) is 37.7 Å². The van der Waals surface area contributed by atoms with Gasteiger partial charge in [0.05, 0.1) is 6.54 Å². The molecule has 2 unspecified atom stereocenters. The van der Waals surface area contributed by atoms with Crippen molar-refractivity contribution in [3.8, 4) is 11.5 Å². The number of hydrogen-bond donors (Lipinski definition) is 1. The SMILES string of the molecule is c1ccc(-c2nnc(CN3CC4CCCNC4C3)o2)cc1. The fraction of sp³-hybridized carbons (Fsp3) is 0.500. The van der Waals surface area contributed by atoms with Gasteiger partial charge in [-0.2, -0.15) is 0 Å². The average molecular weight is 284 g/mol. The Kier molecular flexibility index (Phi) is 3.45. The quantitative estimate of drug-likeness (QED) is 0.933. The molecule has 0 aliphatic carbocycles. The third-order valence-corrected chi connectivity index (χ3v) is 4.52. The summed E-state index contributed by atoms with van der Waals surface area (Å²) in [6.07, 6.45) is 2.64. The standard InChI is InChI=1S/C16H20N4O/c1-2-5-12(6-3-1)16-19-18-15(21-16)11-20-9-13-7-4-8-17-14(13)10-20/h1-3,5-6,13-14,17H,4,7-11H2. The van der Waals surface area contributed by atoms with Crippen molar-refractivity contribution in [1.29, 1.82) is 0 Å². The Morgan fingerprint density at radius 2 is 2.10 bits per heavy atom. The van der Waals surface area contributed by atoms with Gasteiger partial charge in [0.2, 0.25) is 11.8 Å². The van der Waals surface area contributed by atoms with Crippen LogP contribution in [0.25, 0.3) is 11.5 Å². The molecule has 1 aromatic heterocycles. The smallest absolute Gasteiger partial charge is 0.247 e. The van der Waals surface area contributed by atoms with Gasteiger partial charge < -0.3 is 9.73 Å². The Morgan fingerprint density at radius 1 is 1.19 bits per heavy atom. The van der Waals surface area contributed by atoms with E-state index in [1.807, 2.05) is 30.3 Å². The highest BCUT2D eigenvalue weighted by Crippen LogP contribution is 2.26. The number of rotatable bonds is 3. The molecule has 3 heterocycles. The van der Waals surface area contributed by atoms with E-state index in [2.05, 4.69) is 20.4 Å². The summed E-state index contributed by atoms with van der Waals surface area (Å²) >= 11 is 0. The maximum absolute atomic E-state index is 5.80. The van der Waals surface area contributed by atoms with Gasteiger partial charge >= 0.3 is 0 Å². The van der Waals surface area contributed by atoms with Crippen LogP contribution in [-0.4, -0.2) is 40.8 Å². The normalized spacial score (nSPS) is 25.9. The van der Waals surface area contributed by atoms with E-state index in [1.165, 1.54) is 12.8 Å². The van der Waals surface area contributed by atoms with E-state index in [4.69, 9.17) is 4.42 Å². The first-order valence-corrected chi connectivity index (χ1v) is 7.72. The average Bonchev–Trinajstić information content (AvgIpc) is 3.14. The van der Waals surface area contributed by atoms with Gasteiger partial charge in [0.25, 0.3) is 0 Å². The predicted molar refractivity (Wildman–Crippen MR) is 79.5 cm³/mol. The maximum Gasteiger partial charge on any atom is 0.247 e. The van der Waals surface area contributed by atoms with Gasteiger partial charge in [0, 0.05) is 24.7 Å². The van der Waals surface area contributed by atoms with Crippen LogP contribution in [0.15, 0.2) is 34.7 Å². The summed E-state index contributed by atoms with van der Waals surface area (Å²) in [5.41, 5.74) is 0.980. The van der Waals surface area contributed by atoms with Gasteiger partial charge in [-0.15, -0.1) is 10.2 Å². The molecule has 4 rings (SSSR count). The number of hydrogen-bond acceptors (Lipinski definition) is 5. The molecule has 0 spiro atoms. The zero-order valence-electron chi connectivity index (χ0n) is 12.0. The van der Waals surface area contributed by atoms with Crippen LogP contribution in [0.2, 0.25) is 0 Å². The van der Waals surface area contributed by atoms with E-state index in [1.54, 1.807) is 0 Å². The summed E-state index contributed by atoms with van der Waals surface area (Å²) in [6, 6.07) is 10.6. The first-order valence-electron chi connectivity index (χ1n) is 7.72. The highest BCUT2D eigenvalue weighted by Gasteiger charge is 2.34. The lowest BCUT2D eigenvalue weighted by Crippen LogP contribution is -2.40. The van der Waals surface area contributed by atoms with Crippen LogP contribution in [0.4, 0.5) is 0 Å². The second-order valence-corrected chi connectivity index (χ2v) is 6.02. The number of aromatic nitrogens is 2. The fourth-order valence-corrected chi connectivity index (χ4v) is 3.47. The highest BCUT2D eigenvalue weighted by molar-refractivity contribution is 5.51. The molecule has 0 saturated carbocycles. The molecule has 1 N–H and O–H groups in total. The summed E-state index contributed by atoms with van der Waals surface area (Å²) < 4.78 is 5.80. The second kappa shape index (κ2) is 5.58. The zero-order valence-corrected chi connectivity index (χ0v) is 12.0. The van der Waals surface area contributed by atoms with Gasteiger partial charge in [-0.3, -0.25) is 4.90 Å². The van der Waals surface area contributed by atoms with Crippen molar-refractivity contribution in [2.75, 3.05) is 19.6 Å². The van der Waals surface area contributed by atoms with Crippen molar-refractivity contribution in [1.82, 2.24) is 20.4 Å². The molecule has 5 heteroatoms. The van der Waals surface area contributed by atoms with Crippen LogP contribution in [0.1, 0.15) is 18.7 Å². The third-order valence-electron chi connectivity index (χ3n) is 4.52. The van der Waals surface area contributed by atoms with Crippen molar-refractivity contribution in [2.45, 2.75) is 25.4 Å². The molecule has 110 valence electrons. The Hall–Kier alpha value is -1.72. The number of benzene rings is 1. The molecular formula is C16H20N4O. The van der Waals surface area contributed by atoms with Crippen molar-refractivity contribution in [3.05, 3.63) is 36.2 Å². The molecule has 2 fully saturated rings. The van der Waals surface area contributed by atoms with Crippen molar-refractivity contribution < 1.29 is 4.42 Å². The van der Waals surface area contributed by atoms with Gasteiger partial charge in [-0.1, -0.05) is 18.2 Å². The first-order chi connectivity index (χ1) is 10.4. The van der Waals surface area contributed by atoms with Gasteiger partial charge in [-0.25, -0.2) is 0 Å². The van der Waals surface area contributed by atoms with E-state index in [9.17, 15) is 0 Å². The largest absolute Gasteiger partial charge is 0.419 e. The highest BCUT2D eigenvalue weighted by atomic mass is 16.4. The first kappa shape index (κ1) is 13.0. The molecule has 2 saturated heterocycles. The monoisotopic (exact) mass is 284 g/mol. The van der Waals surface area contributed by atoms with Crippen LogP contribution in [0.5, 0.6) is 0 Å². The fourth-order valence-electron chi connectivity index (χ4n) is 3.47. The number of fused-ring (bicyclic) bond motifs is 1. The summed E-state index contributed by atoms with van der Waals surface area (Å²) in [5, 5.41) is 12.0. The molecule has 2 aromatic rings. The topological polar surface area (TPSA) is 54.2 Å². The Morgan fingerprint density at radius 3 is 2.95 bits per heavy atom. The van der Waals surface area contributed by atoms with E-state index < -0.39 is 0 Å². The molecule has 5 nitrogen and oxygen atoms in total. The van der Waals surface area contributed by atoms with Crippen LogP contribution in [0, 0.1) is 5.92 Å². The molecule has 0 radical (unpaired) electrons. The number of nitrogens with one attached hydrogen (secondary N) is 1. The van der Waals surface area contributed by atoms with Crippen LogP contribution < -0.4 is 5.32 Å². The number of piperidine rings is 1. The predicted octanol–water partition coefficient (Wildman–Crippen LogP) is 1.92. The van der Waals surface area contributed by atoms with Crippen LogP contribution >= 0.6 is 0 Å². The van der Waals surface area contributed by atoms with Crippen molar-refractivity contribution in [3.63, 3.8) is 0 Å². The maximum atomic E-state index is 5.80. The van der Waals surface area contributed by atoms with E-state index in [0.29, 0.717) is 17.8 Å². The minimum atomic E-state index is 0.611. The Bertz CT molecular complexity index is 583. The molecule has 0 amide bonds. The Labute approximate surface area is 124 Å². The van der Waals surface area contributed by atoms with E-state index in [-0.39, 0.29) is 0 Å². The molecule has 2 aliphatic heterocycles. The minimum absolute atomic E-state index is 0.611. The molecule has 2 atom stereocenters. The summed E-state index contributed by atoms with van der Waals surface area (Å²) in [6.45, 7) is 4.15. The summed E-state index contributed by atoms with van der Waals surface area (Å²) in [4.78, 5) is 2.43. The Balaban J connectivity index is 1.43. The van der Waals surface area contributed by atoms with Crippen molar-refractivity contribution >= 4 is 0 Å². The zero-order chi connectivity index (χ0) is 14.1. The lowest BCUT2D eigenvalue weighted by Gasteiger charge is -2.24. The van der Waals surface area contributed by atoms with Gasteiger partial charge in [0.1, 0.15) is 0 Å². The third kappa shape index (κ3) is 2.71.